The van der Waals surface area contributed by atoms with Crippen LogP contribution in [0.3, 0.4) is 0 Å². The minimum absolute atomic E-state index is 0.235. The number of carbonyl (C=O) groups excluding carboxylic acids is 1. The number of likely N-dealkylation sites (tertiary alicyclic amines) is 1. The van der Waals surface area contributed by atoms with Gasteiger partial charge in [0.25, 0.3) is 0 Å². The maximum atomic E-state index is 12.5. The molecule has 0 bridgehead atoms. The quantitative estimate of drug-likeness (QED) is 0.865. The highest BCUT2D eigenvalue weighted by Crippen LogP contribution is 2.18. The third-order valence-electron chi connectivity index (χ3n) is 4.62. The number of pyridine rings is 1. The molecule has 0 spiro atoms. The lowest BCUT2D eigenvalue weighted by Gasteiger charge is -2.21. The molecule has 1 atom stereocenters. The van der Waals surface area contributed by atoms with E-state index in [0.29, 0.717) is 18.3 Å². The van der Waals surface area contributed by atoms with Gasteiger partial charge in [-0.25, -0.2) is 4.98 Å². The van der Waals surface area contributed by atoms with Crippen molar-refractivity contribution in [3.05, 3.63) is 36.3 Å². The fourth-order valence-electron chi connectivity index (χ4n) is 3.23. The molecule has 7 heteroatoms. The Balaban J connectivity index is 1.47. The van der Waals surface area contributed by atoms with Crippen molar-refractivity contribution in [1.82, 2.24) is 19.7 Å². The first-order chi connectivity index (χ1) is 12.1. The molecule has 0 aromatic carbocycles. The van der Waals surface area contributed by atoms with E-state index in [1.165, 1.54) is 0 Å². The highest BCUT2D eigenvalue weighted by atomic mass is 16.2. The predicted octanol–water partition coefficient (Wildman–Crippen LogP) is 1.82. The first-order valence-corrected chi connectivity index (χ1v) is 8.83. The molecule has 25 heavy (non-hydrogen) atoms. The standard InChI is InChI=1S/C18H26N6O/c1-23-13-14(11-21-23)4-7-18(25)24-9-2-3-15(8-10-24)22-16-5-6-17(19)20-12-16/h5-6,11-13,15,22H,2-4,7-10H2,1H3,(H2,19,20)/t15-/m0/s1. The summed E-state index contributed by atoms with van der Waals surface area (Å²) in [7, 11) is 1.89. The van der Waals surface area contributed by atoms with Gasteiger partial charge in [0.1, 0.15) is 5.82 Å². The van der Waals surface area contributed by atoms with E-state index in [0.717, 1.165) is 50.0 Å². The number of rotatable bonds is 5. The van der Waals surface area contributed by atoms with Crippen molar-refractivity contribution in [2.75, 3.05) is 24.1 Å². The van der Waals surface area contributed by atoms with Crippen molar-refractivity contribution >= 4 is 17.4 Å². The van der Waals surface area contributed by atoms with Crippen molar-refractivity contribution < 1.29 is 4.79 Å². The van der Waals surface area contributed by atoms with Crippen molar-refractivity contribution in [2.45, 2.75) is 38.1 Å². The van der Waals surface area contributed by atoms with Gasteiger partial charge in [-0.15, -0.1) is 0 Å². The second-order valence-corrected chi connectivity index (χ2v) is 6.65. The van der Waals surface area contributed by atoms with Gasteiger partial charge >= 0.3 is 0 Å². The molecule has 134 valence electrons. The number of nitrogen functional groups attached to an aromatic ring is 1. The Morgan fingerprint density at radius 1 is 1.32 bits per heavy atom. The smallest absolute Gasteiger partial charge is 0.222 e. The second kappa shape index (κ2) is 8.00. The summed E-state index contributed by atoms with van der Waals surface area (Å²) in [5, 5.41) is 7.65. The summed E-state index contributed by atoms with van der Waals surface area (Å²) in [6.45, 7) is 1.63. The van der Waals surface area contributed by atoms with Crippen LogP contribution >= 0.6 is 0 Å². The average molecular weight is 342 g/mol. The number of aryl methyl sites for hydroxylation is 2. The lowest BCUT2D eigenvalue weighted by atomic mass is 10.1. The van der Waals surface area contributed by atoms with Crippen LogP contribution < -0.4 is 11.1 Å². The molecule has 0 unspecified atom stereocenters. The van der Waals surface area contributed by atoms with Crippen molar-refractivity contribution in [3.8, 4) is 0 Å². The van der Waals surface area contributed by atoms with Gasteiger partial charge in [0.15, 0.2) is 0 Å². The zero-order valence-electron chi connectivity index (χ0n) is 14.7. The van der Waals surface area contributed by atoms with Gasteiger partial charge in [-0.1, -0.05) is 0 Å². The van der Waals surface area contributed by atoms with Gasteiger partial charge in [0, 0.05) is 38.8 Å². The fourth-order valence-corrected chi connectivity index (χ4v) is 3.23. The molecule has 2 aromatic heterocycles. The Kier molecular flexibility index (Phi) is 5.53. The summed E-state index contributed by atoms with van der Waals surface area (Å²) in [6, 6.07) is 4.11. The van der Waals surface area contributed by atoms with E-state index >= 15 is 0 Å². The number of nitrogens with zero attached hydrogens (tertiary/aromatic N) is 4. The number of amides is 1. The Morgan fingerprint density at radius 2 is 2.20 bits per heavy atom. The Morgan fingerprint density at radius 3 is 2.92 bits per heavy atom. The SMILES string of the molecule is Cn1cc(CCC(=O)N2CCC[C@H](Nc3ccc(N)nc3)CC2)cn1. The largest absolute Gasteiger partial charge is 0.384 e. The normalized spacial score (nSPS) is 18.0. The lowest BCUT2D eigenvalue weighted by Crippen LogP contribution is -2.32. The molecular weight excluding hydrogens is 316 g/mol. The van der Waals surface area contributed by atoms with Crippen LogP contribution in [0.25, 0.3) is 0 Å². The topological polar surface area (TPSA) is 89.1 Å². The maximum absolute atomic E-state index is 12.5. The van der Waals surface area contributed by atoms with E-state index in [9.17, 15) is 4.79 Å². The maximum Gasteiger partial charge on any atom is 0.222 e. The summed E-state index contributed by atoms with van der Waals surface area (Å²) < 4.78 is 1.77. The van der Waals surface area contributed by atoms with Gasteiger partial charge < -0.3 is 16.0 Å². The van der Waals surface area contributed by atoms with Crippen LogP contribution in [0.2, 0.25) is 0 Å². The number of hydrogen-bond acceptors (Lipinski definition) is 5. The fraction of sp³-hybridized carbons (Fsp3) is 0.500. The van der Waals surface area contributed by atoms with Crippen LogP contribution in [-0.2, 0) is 18.3 Å². The Bertz CT molecular complexity index is 696. The summed E-state index contributed by atoms with van der Waals surface area (Å²) in [5.74, 6) is 0.760. The second-order valence-electron chi connectivity index (χ2n) is 6.65. The molecule has 0 aliphatic carbocycles. The van der Waals surface area contributed by atoms with E-state index in [1.807, 2.05) is 30.4 Å². The lowest BCUT2D eigenvalue weighted by molar-refractivity contribution is -0.131. The van der Waals surface area contributed by atoms with E-state index in [4.69, 9.17) is 5.73 Å². The van der Waals surface area contributed by atoms with Crippen LogP contribution in [0.4, 0.5) is 11.5 Å². The van der Waals surface area contributed by atoms with Gasteiger partial charge in [0.05, 0.1) is 18.1 Å². The summed E-state index contributed by atoms with van der Waals surface area (Å²) in [6.07, 6.45) is 9.87. The van der Waals surface area contributed by atoms with E-state index in [2.05, 4.69) is 15.4 Å². The minimum atomic E-state index is 0.235. The van der Waals surface area contributed by atoms with Crippen LogP contribution in [0, 0.1) is 0 Å². The molecular formula is C18H26N6O. The monoisotopic (exact) mass is 342 g/mol. The number of nitrogens with one attached hydrogen (secondary N) is 1. The molecule has 1 fully saturated rings. The molecule has 1 aliphatic heterocycles. The average Bonchev–Trinajstić information content (AvgIpc) is 2.88. The first-order valence-electron chi connectivity index (χ1n) is 8.83. The third-order valence-corrected chi connectivity index (χ3v) is 4.62. The van der Waals surface area contributed by atoms with Crippen LogP contribution in [0.15, 0.2) is 30.7 Å². The number of carbonyl (C=O) groups is 1. The predicted molar refractivity (Wildman–Crippen MR) is 98.0 cm³/mol. The van der Waals surface area contributed by atoms with Crippen molar-refractivity contribution in [2.24, 2.45) is 7.05 Å². The van der Waals surface area contributed by atoms with Crippen molar-refractivity contribution in [3.63, 3.8) is 0 Å². The molecule has 1 saturated heterocycles. The van der Waals surface area contributed by atoms with Gasteiger partial charge in [0.2, 0.25) is 5.91 Å². The number of anilines is 2. The van der Waals surface area contributed by atoms with E-state index < -0.39 is 0 Å². The summed E-state index contributed by atoms with van der Waals surface area (Å²) >= 11 is 0. The van der Waals surface area contributed by atoms with E-state index in [1.54, 1.807) is 16.9 Å². The van der Waals surface area contributed by atoms with Crippen molar-refractivity contribution in [1.29, 1.82) is 0 Å². The van der Waals surface area contributed by atoms with Crippen LogP contribution in [0.1, 0.15) is 31.2 Å². The molecule has 1 aliphatic rings. The molecule has 2 aromatic rings. The number of nitrogens with two attached hydrogens (primary N) is 1. The van der Waals surface area contributed by atoms with Crippen LogP contribution in [-0.4, -0.2) is 44.7 Å². The zero-order chi connectivity index (χ0) is 17.6. The molecule has 1 amide bonds. The van der Waals surface area contributed by atoms with Gasteiger partial charge in [-0.3, -0.25) is 9.48 Å². The van der Waals surface area contributed by atoms with Crippen LogP contribution in [0.5, 0.6) is 0 Å². The third kappa shape index (κ3) is 4.95. The highest BCUT2D eigenvalue weighted by molar-refractivity contribution is 5.76. The molecule has 3 rings (SSSR count). The van der Waals surface area contributed by atoms with Gasteiger partial charge in [-0.2, -0.15) is 5.10 Å². The summed E-state index contributed by atoms with van der Waals surface area (Å²) in [5.41, 5.74) is 7.71. The number of aromatic nitrogens is 3. The summed E-state index contributed by atoms with van der Waals surface area (Å²) in [4.78, 5) is 18.6. The first kappa shape index (κ1) is 17.3. The van der Waals surface area contributed by atoms with E-state index in [-0.39, 0.29) is 5.91 Å². The highest BCUT2D eigenvalue weighted by Gasteiger charge is 2.20. The molecule has 3 N–H and O–H groups in total. The molecule has 3 heterocycles. The minimum Gasteiger partial charge on any atom is -0.384 e. The number of hydrogen-bond donors (Lipinski definition) is 2. The zero-order valence-corrected chi connectivity index (χ0v) is 14.7. The molecule has 0 radical (unpaired) electrons. The molecule has 0 saturated carbocycles. The van der Waals surface area contributed by atoms with Gasteiger partial charge in [-0.05, 0) is 43.4 Å². The molecule has 7 nitrogen and oxygen atoms in total. The Hall–Kier alpha value is -2.57. The Labute approximate surface area is 148 Å².